The van der Waals surface area contributed by atoms with E-state index >= 15 is 0 Å². The number of anilines is 1. The van der Waals surface area contributed by atoms with E-state index in [1.165, 1.54) is 11.1 Å². The Bertz CT molecular complexity index is 1290. The molecular weight excluding hydrogens is 531 g/mol. The highest BCUT2D eigenvalue weighted by Crippen LogP contribution is 2.18. The van der Waals surface area contributed by atoms with E-state index in [-0.39, 0.29) is 48.2 Å². The first-order valence-electron chi connectivity index (χ1n) is 11.2. The second-order valence-electron chi connectivity index (χ2n) is 8.29. The number of methoxy groups -OCH3 is 1. The molecule has 1 saturated heterocycles. The van der Waals surface area contributed by atoms with Crippen molar-refractivity contribution >= 4 is 45.2 Å². The van der Waals surface area contributed by atoms with Gasteiger partial charge in [0.1, 0.15) is 17.7 Å². The number of carbonyl (C=O) groups excluding carboxylic acids is 3. The summed E-state index contributed by atoms with van der Waals surface area (Å²) >= 11 is 5.95. The van der Waals surface area contributed by atoms with Gasteiger partial charge in [0.2, 0.25) is 21.8 Å². The van der Waals surface area contributed by atoms with Crippen molar-refractivity contribution in [1.82, 2.24) is 24.9 Å². The summed E-state index contributed by atoms with van der Waals surface area (Å²) in [5, 5.41) is 2.63. The Labute approximate surface area is 217 Å². The zero-order valence-electron chi connectivity index (χ0n) is 19.9. The van der Waals surface area contributed by atoms with Crippen LogP contribution in [0.4, 0.5) is 10.2 Å². The number of esters is 1. The Morgan fingerprint density at radius 2 is 2.08 bits per heavy atom. The van der Waals surface area contributed by atoms with Crippen molar-refractivity contribution in [2.75, 3.05) is 25.9 Å². The lowest BCUT2D eigenvalue weighted by atomic mass is 10.1. The third kappa shape index (κ3) is 7.81. The number of benzene rings is 1. The predicted octanol–water partition coefficient (Wildman–Crippen LogP) is 0.755. The van der Waals surface area contributed by atoms with Crippen molar-refractivity contribution in [1.29, 1.82) is 0 Å². The number of sulfonamides is 1. The van der Waals surface area contributed by atoms with Crippen LogP contribution in [-0.2, 0) is 36.6 Å². The van der Waals surface area contributed by atoms with Crippen LogP contribution in [0.25, 0.3) is 0 Å². The van der Waals surface area contributed by atoms with Crippen LogP contribution in [0, 0.1) is 5.82 Å². The smallest absolute Gasteiger partial charge is 0.338 e. The molecule has 12 nitrogen and oxygen atoms in total. The average Bonchev–Trinajstić information content (AvgIpc) is 2.99. The zero-order chi connectivity index (χ0) is 27.2. The zero-order valence-corrected chi connectivity index (χ0v) is 21.4. The molecule has 1 aliphatic rings. The molecule has 0 bridgehead atoms. The minimum atomic E-state index is -4.18. The molecule has 4 N–H and O–H groups in total. The highest BCUT2D eigenvalue weighted by atomic mass is 35.5. The number of ether oxygens (including phenoxy) is 1. The molecule has 0 radical (unpaired) electrons. The van der Waals surface area contributed by atoms with Gasteiger partial charge < -0.3 is 20.7 Å². The van der Waals surface area contributed by atoms with E-state index in [9.17, 15) is 27.2 Å². The lowest BCUT2D eigenvalue weighted by Crippen LogP contribution is -2.50. The molecule has 0 aliphatic carbocycles. The number of likely N-dealkylation sites (tertiary alicyclic amines) is 1. The number of hydrogen-bond donors (Lipinski definition) is 3. The van der Waals surface area contributed by atoms with Crippen LogP contribution in [0.1, 0.15) is 40.9 Å². The van der Waals surface area contributed by atoms with Gasteiger partial charge in [0.05, 0.1) is 43.4 Å². The Hall–Kier alpha value is -3.36. The SMILES string of the molecule is COC(=O)c1ccc(F)cc1CS(=O)(=O)N[C@H]1CCCCN(CC(=O)NCc2ncc(N)nc2Cl)C1=O. The molecule has 200 valence electrons. The van der Waals surface area contributed by atoms with Gasteiger partial charge in [-0.25, -0.2) is 27.3 Å². The Balaban J connectivity index is 1.65. The molecule has 0 unspecified atom stereocenters. The Morgan fingerprint density at radius 3 is 2.78 bits per heavy atom. The first kappa shape index (κ1) is 28.2. The average molecular weight is 557 g/mol. The quantitative estimate of drug-likeness (QED) is 0.376. The first-order chi connectivity index (χ1) is 17.5. The molecule has 2 aromatic rings. The second kappa shape index (κ2) is 12.3. The van der Waals surface area contributed by atoms with Crippen LogP contribution < -0.4 is 15.8 Å². The van der Waals surface area contributed by atoms with E-state index in [0.717, 1.165) is 25.3 Å². The third-order valence-electron chi connectivity index (χ3n) is 5.53. The van der Waals surface area contributed by atoms with Gasteiger partial charge in [-0.1, -0.05) is 11.6 Å². The van der Waals surface area contributed by atoms with Gasteiger partial charge in [0, 0.05) is 6.54 Å². The number of rotatable bonds is 9. The molecular formula is C22H26ClFN6O6S. The summed E-state index contributed by atoms with van der Waals surface area (Å²) in [6, 6.07) is 1.94. The van der Waals surface area contributed by atoms with E-state index in [4.69, 9.17) is 17.3 Å². The van der Waals surface area contributed by atoms with Gasteiger partial charge in [-0.15, -0.1) is 0 Å². The fraction of sp³-hybridized carbons (Fsp3) is 0.409. The standard InChI is InChI=1S/C22H26ClFN6O6S/c1-36-22(33)15-6-5-14(24)8-13(15)12-37(34,35)29-16-4-2-3-7-30(21(16)32)11-19(31)27-9-17-20(23)28-18(25)10-26-17/h5-6,8,10,16,29H,2-4,7,9,11-12H2,1H3,(H2,25,28)(H,27,31)/t16-/m0/s1. The van der Waals surface area contributed by atoms with E-state index in [0.29, 0.717) is 18.5 Å². The minimum absolute atomic E-state index is 0.0364. The van der Waals surface area contributed by atoms with Gasteiger partial charge in [-0.2, -0.15) is 0 Å². The van der Waals surface area contributed by atoms with Gasteiger partial charge in [0.25, 0.3) is 0 Å². The number of halogens is 2. The van der Waals surface area contributed by atoms with E-state index in [1.54, 1.807) is 0 Å². The third-order valence-corrected chi connectivity index (χ3v) is 7.16. The largest absolute Gasteiger partial charge is 0.465 e. The van der Waals surface area contributed by atoms with Crippen LogP contribution in [0.5, 0.6) is 0 Å². The van der Waals surface area contributed by atoms with E-state index < -0.39 is 45.4 Å². The summed E-state index contributed by atoms with van der Waals surface area (Å²) in [7, 11) is -3.06. The fourth-order valence-corrected chi connectivity index (χ4v) is 5.36. The highest BCUT2D eigenvalue weighted by molar-refractivity contribution is 7.88. The Kier molecular flexibility index (Phi) is 9.34. The lowest BCUT2D eigenvalue weighted by Gasteiger charge is -2.24. The summed E-state index contributed by atoms with van der Waals surface area (Å²) in [6.45, 7) is -0.101. The van der Waals surface area contributed by atoms with Crippen LogP contribution in [-0.4, -0.2) is 67.3 Å². The molecule has 37 heavy (non-hydrogen) atoms. The van der Waals surface area contributed by atoms with Gasteiger partial charge in [-0.05, 0) is 43.0 Å². The number of nitrogens with one attached hydrogen (secondary N) is 2. The number of nitrogens with zero attached hydrogens (tertiary/aromatic N) is 3. The molecule has 2 heterocycles. The number of hydrogen-bond acceptors (Lipinski definition) is 9. The number of aromatic nitrogens is 2. The molecule has 1 aromatic heterocycles. The summed E-state index contributed by atoms with van der Waals surface area (Å²) in [5.74, 6) is -3.25. The number of amides is 2. The maximum atomic E-state index is 13.8. The highest BCUT2D eigenvalue weighted by Gasteiger charge is 2.32. The van der Waals surface area contributed by atoms with Gasteiger partial charge in [0.15, 0.2) is 5.15 Å². The van der Waals surface area contributed by atoms with E-state index in [1.807, 2.05) is 0 Å². The van der Waals surface area contributed by atoms with Crippen LogP contribution in [0.15, 0.2) is 24.4 Å². The maximum absolute atomic E-state index is 13.8. The van der Waals surface area contributed by atoms with Crippen molar-refractivity contribution < 1.29 is 31.9 Å². The lowest BCUT2D eigenvalue weighted by molar-refractivity contribution is -0.136. The molecule has 1 atom stereocenters. The summed E-state index contributed by atoms with van der Waals surface area (Å²) in [4.78, 5) is 46.6. The van der Waals surface area contributed by atoms with Crippen molar-refractivity contribution in [3.63, 3.8) is 0 Å². The van der Waals surface area contributed by atoms with Crippen LogP contribution in [0.2, 0.25) is 5.15 Å². The monoisotopic (exact) mass is 556 g/mol. The topological polar surface area (TPSA) is 174 Å². The second-order valence-corrected chi connectivity index (χ2v) is 10.4. The Morgan fingerprint density at radius 1 is 1.32 bits per heavy atom. The summed E-state index contributed by atoms with van der Waals surface area (Å²) in [6.07, 6.45) is 2.59. The number of nitrogens with two attached hydrogens (primary N) is 1. The molecule has 1 aliphatic heterocycles. The molecule has 1 fully saturated rings. The molecule has 0 saturated carbocycles. The van der Waals surface area contributed by atoms with E-state index in [2.05, 4.69) is 24.7 Å². The predicted molar refractivity (Wildman–Crippen MR) is 131 cm³/mol. The maximum Gasteiger partial charge on any atom is 0.338 e. The molecule has 3 rings (SSSR count). The molecule has 2 amide bonds. The molecule has 0 spiro atoms. The van der Waals surface area contributed by atoms with Crippen LogP contribution >= 0.6 is 11.6 Å². The van der Waals surface area contributed by atoms with Crippen LogP contribution in [0.3, 0.4) is 0 Å². The first-order valence-corrected chi connectivity index (χ1v) is 13.2. The molecule has 15 heteroatoms. The van der Waals surface area contributed by atoms with Crippen molar-refractivity contribution in [3.05, 3.63) is 52.2 Å². The summed E-state index contributed by atoms with van der Waals surface area (Å²) < 4.78 is 46.5. The minimum Gasteiger partial charge on any atom is -0.465 e. The molecule has 1 aromatic carbocycles. The van der Waals surface area contributed by atoms with Crippen molar-refractivity contribution in [3.8, 4) is 0 Å². The normalized spacial score (nSPS) is 16.2. The van der Waals surface area contributed by atoms with Gasteiger partial charge >= 0.3 is 5.97 Å². The summed E-state index contributed by atoms with van der Waals surface area (Å²) in [5.41, 5.74) is 5.57. The number of carbonyl (C=O) groups is 3. The number of nitrogen functional groups attached to an aromatic ring is 1. The fourth-order valence-electron chi connectivity index (χ4n) is 3.76. The van der Waals surface area contributed by atoms with Crippen molar-refractivity contribution in [2.24, 2.45) is 0 Å². The van der Waals surface area contributed by atoms with Gasteiger partial charge in [-0.3, -0.25) is 14.6 Å². The van der Waals surface area contributed by atoms with Crippen molar-refractivity contribution in [2.45, 2.75) is 37.6 Å².